The van der Waals surface area contributed by atoms with Crippen molar-refractivity contribution in [1.82, 2.24) is 0 Å². The van der Waals surface area contributed by atoms with E-state index in [9.17, 15) is 28.9 Å². The van der Waals surface area contributed by atoms with Gasteiger partial charge in [0, 0.05) is 19.3 Å². The Morgan fingerprint density at radius 2 is 0.750 bits per heavy atom. The average molecular weight is 1030 g/mol. The monoisotopic (exact) mass is 1030 g/mol. The minimum atomic E-state index is -4.77. The van der Waals surface area contributed by atoms with Crippen molar-refractivity contribution in [3.63, 3.8) is 0 Å². The SMILES string of the molecule is CC/C=C\C/C=C\C/C=C\C/C=C\CCCCCCC(=O)OC(COC(=O)CC/C=C\C/C=C\C/C=C\C/C=C\CC)COP(=O)(O)OCC(CO)OC(=O)CCCCCCCCCCCCCCCCC. The zero-order chi connectivity index (χ0) is 52.7. The number of hydrogen-bond acceptors (Lipinski definition) is 10. The van der Waals surface area contributed by atoms with Gasteiger partial charge in [-0.15, -0.1) is 0 Å². The first-order valence-corrected chi connectivity index (χ1v) is 29.6. The van der Waals surface area contributed by atoms with E-state index in [-0.39, 0.29) is 25.9 Å². The van der Waals surface area contributed by atoms with E-state index in [1.54, 1.807) is 0 Å². The van der Waals surface area contributed by atoms with E-state index >= 15 is 0 Å². The first-order valence-electron chi connectivity index (χ1n) is 28.1. The molecule has 0 aromatic heterocycles. The van der Waals surface area contributed by atoms with E-state index < -0.39 is 57.8 Å². The van der Waals surface area contributed by atoms with Crippen LogP contribution in [0.25, 0.3) is 0 Å². The average Bonchev–Trinajstić information content (AvgIpc) is 3.37. The molecule has 72 heavy (non-hydrogen) atoms. The number of esters is 3. The Morgan fingerprint density at radius 1 is 0.403 bits per heavy atom. The van der Waals surface area contributed by atoms with Crippen molar-refractivity contribution in [2.45, 2.75) is 238 Å². The van der Waals surface area contributed by atoms with Gasteiger partial charge in [-0.2, -0.15) is 0 Å². The highest BCUT2D eigenvalue weighted by atomic mass is 31.2. The summed E-state index contributed by atoms with van der Waals surface area (Å²) in [5, 5.41) is 9.81. The molecule has 0 aromatic rings. The topological polar surface area (TPSA) is 155 Å². The lowest BCUT2D eigenvalue weighted by molar-refractivity contribution is -0.161. The van der Waals surface area contributed by atoms with Gasteiger partial charge < -0.3 is 24.2 Å². The summed E-state index contributed by atoms with van der Waals surface area (Å²) in [5.74, 6) is -1.59. The number of rotatable bonds is 51. The van der Waals surface area contributed by atoms with Crippen molar-refractivity contribution in [3.8, 4) is 0 Å². The summed E-state index contributed by atoms with van der Waals surface area (Å²) >= 11 is 0. The van der Waals surface area contributed by atoms with Crippen LogP contribution in [0.3, 0.4) is 0 Å². The molecule has 0 fully saturated rings. The number of allylic oxidation sites excluding steroid dienone is 16. The van der Waals surface area contributed by atoms with E-state index in [1.165, 1.54) is 70.6 Å². The molecule has 0 rings (SSSR count). The smallest absolute Gasteiger partial charge is 0.462 e. The van der Waals surface area contributed by atoms with Crippen molar-refractivity contribution in [3.05, 3.63) is 97.2 Å². The molecule has 3 atom stereocenters. The number of carbonyl (C=O) groups excluding carboxylic acids is 3. The molecule has 0 aromatic carbocycles. The van der Waals surface area contributed by atoms with Crippen LogP contribution in [-0.2, 0) is 42.2 Å². The van der Waals surface area contributed by atoms with Crippen molar-refractivity contribution >= 4 is 25.7 Å². The Morgan fingerprint density at radius 3 is 1.17 bits per heavy atom. The molecule has 2 N–H and O–H groups in total. The van der Waals surface area contributed by atoms with Crippen molar-refractivity contribution < 1.29 is 52.2 Å². The third kappa shape index (κ3) is 51.3. The summed E-state index contributed by atoms with van der Waals surface area (Å²) < 4.78 is 39.4. The molecule has 0 saturated carbocycles. The van der Waals surface area contributed by atoms with Gasteiger partial charge in [-0.1, -0.05) is 221 Å². The number of phosphoric acid groups is 1. The lowest BCUT2D eigenvalue weighted by Gasteiger charge is -2.21. The number of phosphoric ester groups is 1. The molecule has 0 radical (unpaired) electrons. The molecule has 0 aliphatic heterocycles. The summed E-state index contributed by atoms with van der Waals surface area (Å²) in [6, 6.07) is 0. The summed E-state index contributed by atoms with van der Waals surface area (Å²) in [7, 11) is -4.77. The maximum Gasteiger partial charge on any atom is 0.472 e. The van der Waals surface area contributed by atoms with Gasteiger partial charge >= 0.3 is 25.7 Å². The van der Waals surface area contributed by atoms with Crippen LogP contribution in [0.4, 0.5) is 0 Å². The van der Waals surface area contributed by atoms with Crippen LogP contribution in [0.2, 0.25) is 0 Å². The summed E-state index contributed by atoms with van der Waals surface area (Å²) in [6.45, 7) is 4.30. The first-order chi connectivity index (χ1) is 35.2. The van der Waals surface area contributed by atoms with E-state index in [4.69, 9.17) is 23.3 Å². The van der Waals surface area contributed by atoms with E-state index in [2.05, 4.69) is 106 Å². The third-order valence-corrected chi connectivity index (χ3v) is 12.5. The highest BCUT2D eigenvalue weighted by Crippen LogP contribution is 2.43. The highest BCUT2D eigenvalue weighted by molar-refractivity contribution is 7.47. The van der Waals surface area contributed by atoms with Crippen LogP contribution in [0.15, 0.2) is 97.2 Å². The van der Waals surface area contributed by atoms with Crippen LogP contribution in [0.5, 0.6) is 0 Å². The van der Waals surface area contributed by atoms with Crippen molar-refractivity contribution in [2.75, 3.05) is 26.4 Å². The van der Waals surface area contributed by atoms with Crippen LogP contribution in [0.1, 0.15) is 226 Å². The fourth-order valence-electron chi connectivity index (χ4n) is 7.30. The Balaban J connectivity index is 4.82. The molecule has 0 saturated heterocycles. The lowest BCUT2D eigenvalue weighted by atomic mass is 10.0. The van der Waals surface area contributed by atoms with Crippen LogP contribution >= 0.6 is 7.82 Å². The minimum Gasteiger partial charge on any atom is -0.462 e. The van der Waals surface area contributed by atoms with Gasteiger partial charge in [0.05, 0.1) is 19.8 Å². The maximum atomic E-state index is 12.9. The van der Waals surface area contributed by atoms with Crippen molar-refractivity contribution in [2.24, 2.45) is 0 Å². The van der Waals surface area contributed by atoms with Crippen LogP contribution in [-0.4, -0.2) is 66.5 Å². The van der Waals surface area contributed by atoms with Gasteiger partial charge in [0.2, 0.25) is 0 Å². The zero-order valence-electron chi connectivity index (χ0n) is 45.4. The van der Waals surface area contributed by atoms with Crippen LogP contribution < -0.4 is 0 Å². The highest BCUT2D eigenvalue weighted by Gasteiger charge is 2.28. The predicted molar refractivity (Wildman–Crippen MR) is 297 cm³/mol. The van der Waals surface area contributed by atoms with Crippen molar-refractivity contribution in [1.29, 1.82) is 0 Å². The second-order valence-electron chi connectivity index (χ2n) is 18.3. The largest absolute Gasteiger partial charge is 0.472 e. The van der Waals surface area contributed by atoms with E-state index in [0.717, 1.165) is 96.3 Å². The Bertz CT molecular complexity index is 1580. The summed E-state index contributed by atoms with van der Waals surface area (Å²) in [5.41, 5.74) is 0. The molecule has 0 amide bonds. The van der Waals surface area contributed by atoms with Gasteiger partial charge in [0.1, 0.15) is 12.7 Å². The molecule has 0 aliphatic carbocycles. The Hall–Kier alpha value is -3.60. The molecule has 0 aliphatic rings. The van der Waals surface area contributed by atoms with E-state index in [0.29, 0.717) is 19.3 Å². The zero-order valence-corrected chi connectivity index (χ0v) is 46.3. The molecular formula is C60H101O11P. The molecule has 12 heteroatoms. The molecule has 412 valence electrons. The standard InChI is InChI=1S/C60H101O11P/c1-4-7-10-13-16-19-22-25-27-28-30-33-36-39-42-45-48-51-60(64)71-57(53-67-58(62)49-46-43-40-37-34-31-24-21-18-15-12-9-6-3)55-69-72(65,66)68-54-56(52-61)70-59(63)50-47-44-41-38-35-32-29-26-23-20-17-14-11-8-5-2/h7,9-10,12,16,18-19,21,25,27,30-31,33-34,40,43,56-57,61H,4-6,8,11,13-15,17,20,22-24,26,28-29,32,35-39,41-42,44-55H2,1-3H3,(H,65,66)/b10-7-,12-9-,19-16-,21-18-,27-25-,33-30-,34-31-,43-40-. The quantitative estimate of drug-likeness (QED) is 0.0197. The van der Waals surface area contributed by atoms with Crippen LogP contribution in [0, 0.1) is 0 Å². The number of aliphatic hydroxyl groups is 1. The minimum absolute atomic E-state index is 0.0962. The predicted octanol–water partition coefficient (Wildman–Crippen LogP) is 16.5. The first kappa shape index (κ1) is 68.4. The van der Waals surface area contributed by atoms with Gasteiger partial charge in [-0.05, 0) is 83.5 Å². The fourth-order valence-corrected chi connectivity index (χ4v) is 8.09. The number of hydrogen-bond donors (Lipinski definition) is 2. The Kier molecular flexibility index (Phi) is 51.0. The second-order valence-corrected chi connectivity index (χ2v) is 19.8. The molecule has 3 unspecified atom stereocenters. The molecular weight excluding hydrogens is 928 g/mol. The van der Waals surface area contributed by atoms with E-state index in [1.807, 2.05) is 12.2 Å². The number of unbranched alkanes of at least 4 members (excludes halogenated alkanes) is 18. The lowest BCUT2D eigenvalue weighted by Crippen LogP contribution is -2.30. The maximum absolute atomic E-state index is 12.9. The summed E-state index contributed by atoms with van der Waals surface area (Å²) in [6.07, 6.45) is 62.4. The molecule has 0 spiro atoms. The second kappa shape index (κ2) is 53.7. The molecule has 11 nitrogen and oxygen atoms in total. The van der Waals surface area contributed by atoms with Gasteiger partial charge in [-0.25, -0.2) is 4.57 Å². The number of carbonyl (C=O) groups is 3. The van der Waals surface area contributed by atoms with Gasteiger partial charge in [0.15, 0.2) is 6.10 Å². The third-order valence-electron chi connectivity index (χ3n) is 11.5. The van der Waals surface area contributed by atoms with Gasteiger partial charge in [-0.3, -0.25) is 23.4 Å². The normalized spacial score (nSPS) is 14.1. The number of ether oxygens (including phenoxy) is 3. The number of aliphatic hydroxyl groups excluding tert-OH is 1. The Labute approximate surface area is 438 Å². The summed E-state index contributed by atoms with van der Waals surface area (Å²) in [4.78, 5) is 48.4. The molecule has 0 bridgehead atoms. The fraction of sp³-hybridized carbons (Fsp3) is 0.683. The van der Waals surface area contributed by atoms with Gasteiger partial charge in [0.25, 0.3) is 0 Å². The molecule has 0 heterocycles.